The minimum Gasteiger partial charge on any atom is -0.329 e. The molecule has 18 heavy (non-hydrogen) atoms. The Bertz CT molecular complexity index is 302. The molecule has 0 amide bonds. The quantitative estimate of drug-likeness (QED) is 0.825. The lowest BCUT2D eigenvalue weighted by molar-refractivity contribution is 0.0351. The highest BCUT2D eigenvalue weighted by Crippen LogP contribution is 2.38. The molecule has 3 atom stereocenters. The van der Waals surface area contributed by atoms with Crippen molar-refractivity contribution in [1.29, 1.82) is 0 Å². The second-order valence-corrected chi connectivity index (χ2v) is 7.07. The molecule has 3 fully saturated rings. The minimum atomic E-state index is 0.303. The van der Waals surface area contributed by atoms with Crippen molar-refractivity contribution < 1.29 is 0 Å². The van der Waals surface area contributed by atoms with Gasteiger partial charge in [0.25, 0.3) is 0 Å². The predicted octanol–water partition coefficient (Wildman–Crippen LogP) is 1.53. The monoisotopic (exact) mass is 251 g/mol. The maximum atomic E-state index is 6.19. The van der Waals surface area contributed by atoms with Crippen LogP contribution in [0.3, 0.4) is 0 Å². The molecule has 3 nitrogen and oxygen atoms in total. The molecule has 0 spiro atoms. The van der Waals surface area contributed by atoms with Crippen LogP contribution in [0.2, 0.25) is 0 Å². The third kappa shape index (κ3) is 2.21. The number of nitrogens with zero attached hydrogens (tertiary/aromatic N) is 2. The van der Waals surface area contributed by atoms with Gasteiger partial charge in [-0.2, -0.15) is 0 Å². The number of hydrogen-bond acceptors (Lipinski definition) is 3. The molecule has 3 unspecified atom stereocenters. The molecule has 0 aromatic rings. The van der Waals surface area contributed by atoms with E-state index >= 15 is 0 Å². The van der Waals surface area contributed by atoms with Crippen molar-refractivity contribution in [2.24, 2.45) is 17.6 Å². The van der Waals surface area contributed by atoms with Gasteiger partial charge in [0, 0.05) is 37.8 Å². The van der Waals surface area contributed by atoms with Gasteiger partial charge in [0.2, 0.25) is 0 Å². The van der Waals surface area contributed by atoms with Gasteiger partial charge in [-0.15, -0.1) is 0 Å². The summed E-state index contributed by atoms with van der Waals surface area (Å²) in [6.45, 7) is 10.7. The van der Waals surface area contributed by atoms with Crippen molar-refractivity contribution in [3.8, 4) is 0 Å². The summed E-state index contributed by atoms with van der Waals surface area (Å²) < 4.78 is 0. The molecular formula is C15H29N3. The third-order valence-corrected chi connectivity index (χ3v) is 5.81. The molecule has 1 saturated carbocycles. The number of piperidine rings is 1. The maximum Gasteiger partial charge on any atom is 0.0470 e. The molecular weight excluding hydrogens is 222 g/mol. The average molecular weight is 251 g/mol. The zero-order valence-electron chi connectivity index (χ0n) is 12.1. The fourth-order valence-corrected chi connectivity index (χ4v) is 3.89. The van der Waals surface area contributed by atoms with Gasteiger partial charge in [-0.05, 0) is 44.1 Å². The zero-order chi connectivity index (χ0) is 12.8. The van der Waals surface area contributed by atoms with E-state index in [1.807, 2.05) is 0 Å². The molecule has 3 heteroatoms. The van der Waals surface area contributed by atoms with Gasteiger partial charge in [0.15, 0.2) is 0 Å². The summed E-state index contributed by atoms with van der Waals surface area (Å²) in [6.07, 6.45) is 5.50. The molecule has 0 aromatic carbocycles. The molecule has 0 radical (unpaired) electrons. The third-order valence-electron chi connectivity index (χ3n) is 5.81. The second-order valence-electron chi connectivity index (χ2n) is 7.07. The Morgan fingerprint density at radius 3 is 2.50 bits per heavy atom. The van der Waals surface area contributed by atoms with Crippen molar-refractivity contribution in [3.05, 3.63) is 0 Å². The molecule has 2 saturated heterocycles. The Morgan fingerprint density at radius 1 is 1.11 bits per heavy atom. The molecule has 0 aromatic heterocycles. The molecule has 3 aliphatic rings. The van der Waals surface area contributed by atoms with E-state index in [1.54, 1.807) is 0 Å². The zero-order valence-corrected chi connectivity index (χ0v) is 12.1. The van der Waals surface area contributed by atoms with E-state index in [1.165, 1.54) is 51.9 Å². The van der Waals surface area contributed by atoms with E-state index in [9.17, 15) is 0 Å². The molecule has 1 aliphatic carbocycles. The van der Waals surface area contributed by atoms with Gasteiger partial charge in [-0.3, -0.25) is 9.80 Å². The van der Waals surface area contributed by atoms with Gasteiger partial charge in [-0.1, -0.05) is 13.8 Å². The summed E-state index contributed by atoms with van der Waals surface area (Å²) in [5, 5.41) is 0. The highest BCUT2D eigenvalue weighted by atomic mass is 15.3. The van der Waals surface area contributed by atoms with Gasteiger partial charge in [-0.25, -0.2) is 0 Å². The Morgan fingerprint density at radius 2 is 1.89 bits per heavy atom. The van der Waals surface area contributed by atoms with Crippen LogP contribution in [0.15, 0.2) is 0 Å². The van der Waals surface area contributed by atoms with Crippen LogP contribution in [0.4, 0.5) is 0 Å². The van der Waals surface area contributed by atoms with E-state index < -0.39 is 0 Å². The highest BCUT2D eigenvalue weighted by Gasteiger charge is 2.46. The standard InChI is InChI=1S/C15H29N3/c1-12-5-7-18(9-13(12)2)15(10-16)6-8-17(11-15)14-3-4-14/h12-14H,3-11,16H2,1-2H3. The first-order valence-electron chi connectivity index (χ1n) is 7.84. The second kappa shape index (κ2) is 4.77. The Balaban J connectivity index is 1.68. The van der Waals surface area contributed by atoms with Crippen LogP contribution in [0.1, 0.15) is 39.5 Å². The minimum absolute atomic E-state index is 0.303. The first kappa shape index (κ1) is 12.9. The maximum absolute atomic E-state index is 6.19. The van der Waals surface area contributed by atoms with E-state index in [4.69, 9.17) is 5.73 Å². The summed E-state index contributed by atoms with van der Waals surface area (Å²) >= 11 is 0. The van der Waals surface area contributed by atoms with Crippen LogP contribution < -0.4 is 5.73 Å². The van der Waals surface area contributed by atoms with Crippen LogP contribution >= 0.6 is 0 Å². The molecule has 0 bridgehead atoms. The lowest BCUT2D eigenvalue weighted by Crippen LogP contribution is -2.59. The first-order chi connectivity index (χ1) is 8.64. The Hall–Kier alpha value is -0.120. The van der Waals surface area contributed by atoms with Crippen LogP contribution in [-0.4, -0.2) is 54.1 Å². The normalized spacial score (nSPS) is 43.5. The van der Waals surface area contributed by atoms with E-state index in [0.717, 1.165) is 24.4 Å². The van der Waals surface area contributed by atoms with Crippen molar-refractivity contribution in [1.82, 2.24) is 9.80 Å². The smallest absolute Gasteiger partial charge is 0.0470 e. The van der Waals surface area contributed by atoms with Crippen LogP contribution in [-0.2, 0) is 0 Å². The van der Waals surface area contributed by atoms with E-state index in [2.05, 4.69) is 23.6 Å². The molecule has 2 N–H and O–H groups in total. The Kier molecular flexibility index (Phi) is 3.41. The number of hydrogen-bond donors (Lipinski definition) is 1. The van der Waals surface area contributed by atoms with E-state index in [-0.39, 0.29) is 0 Å². The fraction of sp³-hybridized carbons (Fsp3) is 1.00. The van der Waals surface area contributed by atoms with Gasteiger partial charge in [0.05, 0.1) is 0 Å². The summed E-state index contributed by atoms with van der Waals surface area (Å²) in [4.78, 5) is 5.44. The summed E-state index contributed by atoms with van der Waals surface area (Å²) in [7, 11) is 0. The number of rotatable bonds is 3. The van der Waals surface area contributed by atoms with Crippen LogP contribution in [0.25, 0.3) is 0 Å². The highest BCUT2D eigenvalue weighted by molar-refractivity contribution is 5.04. The fourth-order valence-electron chi connectivity index (χ4n) is 3.89. The Labute approximate surface area is 112 Å². The molecule has 2 aliphatic heterocycles. The predicted molar refractivity (Wildman–Crippen MR) is 75.5 cm³/mol. The lowest BCUT2D eigenvalue weighted by Gasteiger charge is -2.46. The van der Waals surface area contributed by atoms with Crippen molar-refractivity contribution >= 4 is 0 Å². The van der Waals surface area contributed by atoms with Crippen molar-refractivity contribution in [3.63, 3.8) is 0 Å². The van der Waals surface area contributed by atoms with Crippen LogP contribution in [0, 0.1) is 11.8 Å². The summed E-state index contributed by atoms with van der Waals surface area (Å²) in [5.41, 5.74) is 6.50. The van der Waals surface area contributed by atoms with E-state index in [0.29, 0.717) is 5.54 Å². The van der Waals surface area contributed by atoms with Gasteiger partial charge < -0.3 is 5.73 Å². The lowest BCUT2D eigenvalue weighted by atomic mass is 9.84. The van der Waals surface area contributed by atoms with Gasteiger partial charge in [0.1, 0.15) is 0 Å². The first-order valence-corrected chi connectivity index (χ1v) is 7.84. The van der Waals surface area contributed by atoms with Gasteiger partial charge >= 0.3 is 0 Å². The summed E-state index contributed by atoms with van der Waals surface area (Å²) in [6, 6.07) is 0.902. The molecule has 3 rings (SSSR count). The molecule has 2 heterocycles. The van der Waals surface area contributed by atoms with Crippen molar-refractivity contribution in [2.45, 2.75) is 51.1 Å². The summed E-state index contributed by atoms with van der Waals surface area (Å²) in [5.74, 6) is 1.72. The largest absolute Gasteiger partial charge is 0.329 e. The number of nitrogens with two attached hydrogens (primary N) is 1. The topological polar surface area (TPSA) is 32.5 Å². The number of likely N-dealkylation sites (tertiary alicyclic amines) is 2. The molecule has 104 valence electrons. The average Bonchev–Trinajstić information content (AvgIpc) is 3.13. The van der Waals surface area contributed by atoms with Crippen molar-refractivity contribution in [2.75, 3.05) is 32.7 Å². The SMILES string of the molecule is CC1CCN(C2(CN)CCN(C3CC3)C2)CC1C. The van der Waals surface area contributed by atoms with Crippen LogP contribution in [0.5, 0.6) is 0 Å².